The van der Waals surface area contributed by atoms with Gasteiger partial charge in [-0.15, -0.1) is 0 Å². The third-order valence-electron chi connectivity index (χ3n) is 7.95. The first-order valence-electron chi connectivity index (χ1n) is 15.1. The standard InChI is InChI=1S/C33H36Cl2N6O4/c1-2-3-32(42)38-25-5-7-26(8-6-25)39-14-16-40(17-15-39)27-9-11-28(12-10-27)43-19-29-20-44-33(45-29,21-41-23-36-22-37-41)30-13-4-24(34)18-31(30)35/h4-13,18,22-23,29H,2-3,14-17,19-21H2,1H3,(H,38,42)/t29-,33-/m1/s1. The van der Waals surface area contributed by atoms with Crippen molar-refractivity contribution in [2.75, 3.05) is 54.5 Å². The molecule has 10 nitrogen and oxygen atoms in total. The quantitative estimate of drug-likeness (QED) is 0.211. The van der Waals surface area contributed by atoms with E-state index in [-0.39, 0.29) is 18.6 Å². The van der Waals surface area contributed by atoms with Crippen LogP contribution in [0.4, 0.5) is 17.1 Å². The number of hydrogen-bond donors (Lipinski definition) is 1. The Labute approximate surface area is 272 Å². The van der Waals surface area contributed by atoms with Crippen molar-refractivity contribution in [3.05, 3.63) is 95.0 Å². The number of carbonyl (C=O) groups is 1. The zero-order chi connectivity index (χ0) is 31.2. The molecule has 2 fully saturated rings. The van der Waals surface area contributed by atoms with Gasteiger partial charge >= 0.3 is 0 Å². The smallest absolute Gasteiger partial charge is 0.224 e. The van der Waals surface area contributed by atoms with Crippen molar-refractivity contribution in [2.45, 2.75) is 38.2 Å². The second kappa shape index (κ2) is 14.1. The Kier molecular flexibility index (Phi) is 9.75. The van der Waals surface area contributed by atoms with Crippen molar-refractivity contribution < 1.29 is 19.0 Å². The van der Waals surface area contributed by atoms with Gasteiger partial charge in [-0.2, -0.15) is 5.10 Å². The molecule has 0 radical (unpaired) electrons. The summed E-state index contributed by atoms with van der Waals surface area (Å²) in [6.07, 6.45) is 4.12. The number of benzene rings is 3. The van der Waals surface area contributed by atoms with Crippen LogP contribution in [0.3, 0.4) is 0 Å². The Balaban J connectivity index is 1.01. The molecule has 236 valence electrons. The molecule has 1 aromatic heterocycles. The lowest BCUT2D eigenvalue weighted by Crippen LogP contribution is -2.46. The first-order valence-corrected chi connectivity index (χ1v) is 15.9. The first-order chi connectivity index (χ1) is 21.9. The van der Waals surface area contributed by atoms with E-state index in [0.717, 1.165) is 55.4 Å². The molecule has 2 aliphatic rings. The lowest BCUT2D eigenvalue weighted by Gasteiger charge is -2.37. The van der Waals surface area contributed by atoms with Gasteiger partial charge in [-0.05, 0) is 67.1 Å². The largest absolute Gasteiger partial charge is 0.491 e. The fourth-order valence-electron chi connectivity index (χ4n) is 5.65. The van der Waals surface area contributed by atoms with E-state index in [4.69, 9.17) is 37.4 Å². The van der Waals surface area contributed by atoms with Gasteiger partial charge in [0.15, 0.2) is 0 Å². The van der Waals surface area contributed by atoms with Gasteiger partial charge in [-0.3, -0.25) is 4.79 Å². The van der Waals surface area contributed by atoms with Crippen LogP contribution in [0.15, 0.2) is 79.4 Å². The molecule has 3 aromatic carbocycles. The van der Waals surface area contributed by atoms with Gasteiger partial charge in [0.05, 0.1) is 11.6 Å². The SMILES string of the molecule is CCCC(=O)Nc1ccc(N2CCN(c3ccc(OC[C@@H]4CO[C@@](Cn5cncn5)(c5ccc(Cl)cc5Cl)O4)cc3)CC2)cc1. The van der Waals surface area contributed by atoms with Crippen LogP contribution in [0.25, 0.3) is 0 Å². The number of carbonyl (C=O) groups excluding carboxylic acids is 1. The Morgan fingerprint density at radius 2 is 1.69 bits per heavy atom. The van der Waals surface area contributed by atoms with Crippen molar-refractivity contribution in [1.29, 1.82) is 0 Å². The summed E-state index contributed by atoms with van der Waals surface area (Å²) >= 11 is 12.7. The van der Waals surface area contributed by atoms with E-state index in [0.29, 0.717) is 35.2 Å². The number of ether oxygens (including phenoxy) is 3. The summed E-state index contributed by atoms with van der Waals surface area (Å²) < 4.78 is 20.5. The molecule has 0 aliphatic carbocycles. The van der Waals surface area contributed by atoms with Gasteiger partial charge in [0.2, 0.25) is 11.7 Å². The number of nitrogens with zero attached hydrogens (tertiary/aromatic N) is 5. The van der Waals surface area contributed by atoms with Crippen LogP contribution in [-0.2, 0) is 26.6 Å². The second-order valence-corrected chi connectivity index (χ2v) is 12.0. The average Bonchev–Trinajstić information content (AvgIpc) is 3.71. The van der Waals surface area contributed by atoms with E-state index in [1.54, 1.807) is 23.1 Å². The van der Waals surface area contributed by atoms with Crippen molar-refractivity contribution in [3.63, 3.8) is 0 Å². The number of hydrogen-bond acceptors (Lipinski definition) is 8. The minimum absolute atomic E-state index is 0.0529. The Hall–Kier alpha value is -3.83. The van der Waals surface area contributed by atoms with E-state index in [2.05, 4.69) is 49.5 Å². The molecule has 12 heteroatoms. The number of halogens is 2. The molecule has 2 atom stereocenters. The highest BCUT2D eigenvalue weighted by Crippen LogP contribution is 2.40. The maximum Gasteiger partial charge on any atom is 0.224 e. The average molecular weight is 652 g/mol. The molecule has 4 aromatic rings. The molecule has 0 spiro atoms. The van der Waals surface area contributed by atoms with Crippen molar-refractivity contribution in [2.24, 2.45) is 0 Å². The molecule has 0 saturated carbocycles. The fourth-order valence-corrected chi connectivity index (χ4v) is 6.21. The maximum absolute atomic E-state index is 11.9. The number of piperazine rings is 1. The molecule has 2 aliphatic heterocycles. The van der Waals surface area contributed by atoms with Crippen LogP contribution < -0.4 is 19.9 Å². The molecule has 3 heterocycles. The summed E-state index contributed by atoms with van der Waals surface area (Å²) in [5, 5.41) is 8.16. The molecule has 0 bridgehead atoms. The molecule has 0 unspecified atom stereocenters. The van der Waals surface area contributed by atoms with Crippen LogP contribution in [0.1, 0.15) is 25.3 Å². The summed E-state index contributed by atoms with van der Waals surface area (Å²) in [6.45, 7) is 6.54. The Bertz CT molecular complexity index is 1560. The summed E-state index contributed by atoms with van der Waals surface area (Å²) in [5.74, 6) is -0.343. The lowest BCUT2D eigenvalue weighted by molar-refractivity contribution is -0.190. The number of nitrogens with one attached hydrogen (secondary N) is 1. The van der Waals surface area contributed by atoms with Gasteiger partial charge in [-0.1, -0.05) is 36.2 Å². The maximum atomic E-state index is 11.9. The number of anilines is 3. The number of amides is 1. The van der Waals surface area contributed by atoms with Gasteiger partial charge in [0, 0.05) is 60.2 Å². The predicted molar refractivity (Wildman–Crippen MR) is 175 cm³/mol. The highest BCUT2D eigenvalue weighted by atomic mass is 35.5. The predicted octanol–water partition coefficient (Wildman–Crippen LogP) is 6.00. The van der Waals surface area contributed by atoms with E-state index in [9.17, 15) is 4.79 Å². The van der Waals surface area contributed by atoms with E-state index in [1.807, 2.05) is 37.3 Å². The van der Waals surface area contributed by atoms with Crippen LogP contribution in [0.2, 0.25) is 10.0 Å². The van der Waals surface area contributed by atoms with Gasteiger partial charge in [-0.25, -0.2) is 9.67 Å². The van der Waals surface area contributed by atoms with Gasteiger partial charge < -0.3 is 29.3 Å². The normalized spacial score (nSPS) is 19.9. The molecule has 6 rings (SSSR count). The first kappa shape index (κ1) is 31.2. The highest BCUT2D eigenvalue weighted by molar-refractivity contribution is 6.35. The van der Waals surface area contributed by atoms with Crippen LogP contribution in [0, 0.1) is 0 Å². The number of aromatic nitrogens is 3. The molecular formula is C33H36Cl2N6O4. The Morgan fingerprint density at radius 1 is 1.00 bits per heavy atom. The molecule has 1 amide bonds. The third-order valence-corrected chi connectivity index (χ3v) is 8.50. The topological polar surface area (TPSA) is 94.0 Å². The van der Waals surface area contributed by atoms with Gasteiger partial charge in [0.1, 0.15) is 37.7 Å². The van der Waals surface area contributed by atoms with E-state index in [1.165, 1.54) is 6.33 Å². The molecule has 2 saturated heterocycles. The summed E-state index contributed by atoms with van der Waals surface area (Å²) in [4.78, 5) is 20.7. The van der Waals surface area contributed by atoms with Crippen LogP contribution in [-0.4, -0.2) is 66.2 Å². The molecule has 1 N–H and O–H groups in total. The van der Waals surface area contributed by atoms with Crippen LogP contribution in [0.5, 0.6) is 5.75 Å². The van der Waals surface area contributed by atoms with E-state index < -0.39 is 5.79 Å². The third kappa shape index (κ3) is 7.53. The minimum atomic E-state index is -1.15. The zero-order valence-corrected chi connectivity index (χ0v) is 26.6. The summed E-state index contributed by atoms with van der Waals surface area (Å²) in [7, 11) is 0. The number of rotatable bonds is 11. The molecule has 45 heavy (non-hydrogen) atoms. The Morgan fingerprint density at radius 3 is 2.31 bits per heavy atom. The fraction of sp³-hybridized carbons (Fsp3) is 0.364. The summed E-state index contributed by atoms with van der Waals surface area (Å²) in [6, 6.07) is 21.5. The van der Waals surface area contributed by atoms with Gasteiger partial charge in [0.25, 0.3) is 0 Å². The van der Waals surface area contributed by atoms with Crippen molar-refractivity contribution >= 4 is 46.2 Å². The van der Waals surface area contributed by atoms with Crippen molar-refractivity contribution in [3.8, 4) is 5.75 Å². The second-order valence-electron chi connectivity index (χ2n) is 11.1. The minimum Gasteiger partial charge on any atom is -0.491 e. The highest BCUT2D eigenvalue weighted by Gasteiger charge is 2.45. The lowest BCUT2D eigenvalue weighted by atomic mass is 10.1. The summed E-state index contributed by atoms with van der Waals surface area (Å²) in [5.41, 5.74) is 3.82. The van der Waals surface area contributed by atoms with Crippen LogP contribution >= 0.6 is 23.2 Å². The van der Waals surface area contributed by atoms with E-state index >= 15 is 0 Å². The zero-order valence-electron chi connectivity index (χ0n) is 25.1. The molecular weight excluding hydrogens is 615 g/mol. The monoisotopic (exact) mass is 650 g/mol. The van der Waals surface area contributed by atoms with Crippen molar-refractivity contribution in [1.82, 2.24) is 14.8 Å².